The Morgan fingerprint density at radius 3 is 2.37 bits per heavy atom. The number of hydrogen-bond donors (Lipinski definition) is 1. The van der Waals surface area contributed by atoms with Crippen LogP contribution in [-0.4, -0.2) is 51.0 Å². The monoisotopic (exact) mass is 432 g/mol. The number of sulfonamides is 1. The van der Waals surface area contributed by atoms with Gasteiger partial charge in [0.1, 0.15) is 5.75 Å². The molecule has 8 heteroatoms. The molecule has 1 saturated heterocycles. The van der Waals surface area contributed by atoms with Gasteiger partial charge in [0.2, 0.25) is 10.0 Å². The van der Waals surface area contributed by atoms with Gasteiger partial charge in [-0.1, -0.05) is 6.07 Å². The van der Waals surface area contributed by atoms with Crippen molar-refractivity contribution in [2.75, 3.05) is 31.6 Å². The van der Waals surface area contributed by atoms with Crippen LogP contribution < -0.4 is 10.1 Å². The predicted octanol–water partition coefficient (Wildman–Crippen LogP) is 3.04. The average molecular weight is 433 g/mol. The first-order valence-electron chi connectivity index (χ1n) is 9.92. The molecule has 0 bridgehead atoms. The van der Waals surface area contributed by atoms with E-state index < -0.39 is 16.1 Å². The average Bonchev–Trinajstić information content (AvgIpc) is 2.72. The van der Waals surface area contributed by atoms with E-state index in [-0.39, 0.29) is 10.8 Å². The summed E-state index contributed by atoms with van der Waals surface area (Å²) in [5.74, 6) is 0.374. The Labute approximate surface area is 178 Å². The lowest BCUT2D eigenvalue weighted by Gasteiger charge is -2.26. The molecule has 1 aliphatic heterocycles. The highest BCUT2D eigenvalue weighted by Crippen LogP contribution is 2.25. The molecule has 1 aliphatic rings. The minimum Gasteiger partial charge on any atom is -0.481 e. The van der Waals surface area contributed by atoms with Crippen LogP contribution in [0.25, 0.3) is 0 Å². The fourth-order valence-electron chi connectivity index (χ4n) is 3.26. The SMILES string of the molecule is Cc1cc(C)c(C)c(O[C@@H](C)C(=O)Nc2ccc(S(=O)(=O)N3CCOCC3)cc2)c1. The quantitative estimate of drug-likeness (QED) is 0.758. The van der Waals surface area contributed by atoms with Gasteiger partial charge in [0, 0.05) is 18.8 Å². The van der Waals surface area contributed by atoms with Crippen molar-refractivity contribution in [2.45, 2.75) is 38.7 Å². The minimum atomic E-state index is -3.56. The third-order valence-electron chi connectivity index (χ3n) is 5.17. The summed E-state index contributed by atoms with van der Waals surface area (Å²) in [6.45, 7) is 9.10. The van der Waals surface area contributed by atoms with Crippen LogP contribution in [0.5, 0.6) is 5.75 Å². The summed E-state index contributed by atoms with van der Waals surface area (Å²) in [5, 5.41) is 2.78. The number of morpholine rings is 1. The Balaban J connectivity index is 1.65. The van der Waals surface area contributed by atoms with Crippen molar-refractivity contribution in [3.8, 4) is 5.75 Å². The highest BCUT2D eigenvalue weighted by molar-refractivity contribution is 7.89. The third-order valence-corrected chi connectivity index (χ3v) is 7.08. The highest BCUT2D eigenvalue weighted by Gasteiger charge is 2.26. The van der Waals surface area contributed by atoms with Gasteiger partial charge in [-0.05, 0) is 74.7 Å². The number of carbonyl (C=O) groups is 1. The maximum Gasteiger partial charge on any atom is 0.265 e. The zero-order chi connectivity index (χ0) is 21.9. The van der Waals surface area contributed by atoms with Gasteiger partial charge in [0.15, 0.2) is 6.10 Å². The molecule has 0 saturated carbocycles. The highest BCUT2D eigenvalue weighted by atomic mass is 32.2. The summed E-state index contributed by atoms with van der Waals surface area (Å²) in [7, 11) is -3.56. The predicted molar refractivity (Wildman–Crippen MR) is 115 cm³/mol. The van der Waals surface area contributed by atoms with Crippen molar-refractivity contribution >= 4 is 21.6 Å². The van der Waals surface area contributed by atoms with Crippen LogP contribution in [0, 0.1) is 20.8 Å². The molecule has 1 fully saturated rings. The van der Waals surface area contributed by atoms with E-state index in [0.29, 0.717) is 37.7 Å². The van der Waals surface area contributed by atoms with Crippen molar-refractivity contribution < 1.29 is 22.7 Å². The van der Waals surface area contributed by atoms with E-state index in [1.165, 1.54) is 16.4 Å². The van der Waals surface area contributed by atoms with Gasteiger partial charge < -0.3 is 14.8 Å². The smallest absolute Gasteiger partial charge is 0.265 e. The van der Waals surface area contributed by atoms with Crippen molar-refractivity contribution in [3.05, 3.63) is 53.1 Å². The zero-order valence-electron chi connectivity index (χ0n) is 17.8. The number of amides is 1. The molecule has 7 nitrogen and oxygen atoms in total. The van der Waals surface area contributed by atoms with Crippen LogP contribution in [0.4, 0.5) is 5.69 Å². The summed E-state index contributed by atoms with van der Waals surface area (Å²) in [5.41, 5.74) is 3.68. The molecular weight excluding hydrogens is 404 g/mol. The van der Waals surface area contributed by atoms with Crippen LogP contribution in [0.2, 0.25) is 0 Å². The van der Waals surface area contributed by atoms with Crippen molar-refractivity contribution in [2.24, 2.45) is 0 Å². The fourth-order valence-corrected chi connectivity index (χ4v) is 4.67. The van der Waals surface area contributed by atoms with E-state index in [1.54, 1.807) is 19.1 Å². The van der Waals surface area contributed by atoms with Gasteiger partial charge in [-0.2, -0.15) is 4.31 Å². The second kappa shape index (κ2) is 9.16. The van der Waals surface area contributed by atoms with E-state index in [0.717, 1.165) is 16.7 Å². The Morgan fingerprint density at radius 2 is 1.73 bits per heavy atom. The molecule has 1 amide bonds. The number of nitrogens with zero attached hydrogens (tertiary/aromatic N) is 1. The molecule has 162 valence electrons. The Hall–Kier alpha value is -2.42. The van der Waals surface area contributed by atoms with Crippen LogP contribution >= 0.6 is 0 Å². The lowest BCUT2D eigenvalue weighted by molar-refractivity contribution is -0.122. The second-order valence-electron chi connectivity index (χ2n) is 7.50. The molecule has 0 radical (unpaired) electrons. The van der Waals surface area contributed by atoms with Gasteiger partial charge in [-0.3, -0.25) is 4.79 Å². The molecule has 0 aliphatic carbocycles. The van der Waals surface area contributed by atoms with E-state index >= 15 is 0 Å². The molecule has 2 aromatic carbocycles. The molecular formula is C22H28N2O5S. The third kappa shape index (κ3) is 5.00. The first-order chi connectivity index (χ1) is 14.2. The first-order valence-corrected chi connectivity index (χ1v) is 11.4. The van der Waals surface area contributed by atoms with E-state index in [9.17, 15) is 13.2 Å². The van der Waals surface area contributed by atoms with E-state index in [2.05, 4.69) is 11.4 Å². The van der Waals surface area contributed by atoms with Gasteiger partial charge in [0.05, 0.1) is 18.1 Å². The number of rotatable bonds is 6. The normalized spacial score (nSPS) is 16.1. The lowest BCUT2D eigenvalue weighted by atomic mass is 10.1. The Morgan fingerprint density at radius 1 is 1.10 bits per heavy atom. The number of ether oxygens (including phenoxy) is 2. The summed E-state index contributed by atoms with van der Waals surface area (Å²) >= 11 is 0. The maximum absolute atomic E-state index is 12.7. The van der Waals surface area contributed by atoms with Crippen LogP contribution in [-0.2, 0) is 19.6 Å². The topological polar surface area (TPSA) is 84.9 Å². The number of nitrogens with one attached hydrogen (secondary N) is 1. The first kappa shape index (κ1) is 22.3. The van der Waals surface area contributed by atoms with Crippen LogP contribution in [0.1, 0.15) is 23.6 Å². The van der Waals surface area contributed by atoms with Crippen molar-refractivity contribution in [3.63, 3.8) is 0 Å². The molecule has 0 spiro atoms. The lowest BCUT2D eigenvalue weighted by Crippen LogP contribution is -2.40. The van der Waals surface area contributed by atoms with Gasteiger partial charge in [-0.15, -0.1) is 0 Å². The second-order valence-corrected chi connectivity index (χ2v) is 9.43. The van der Waals surface area contributed by atoms with Crippen molar-refractivity contribution in [1.82, 2.24) is 4.31 Å². The zero-order valence-corrected chi connectivity index (χ0v) is 18.6. The number of benzene rings is 2. The number of carbonyl (C=O) groups excluding carboxylic acids is 1. The van der Waals surface area contributed by atoms with Crippen molar-refractivity contribution in [1.29, 1.82) is 0 Å². The molecule has 0 aromatic heterocycles. The fraction of sp³-hybridized carbons (Fsp3) is 0.409. The molecule has 2 aromatic rings. The standard InChI is InChI=1S/C22H28N2O5S/c1-15-13-16(2)17(3)21(14-15)29-18(4)22(25)23-19-5-7-20(8-6-19)30(26,27)24-9-11-28-12-10-24/h5-8,13-14,18H,9-12H2,1-4H3,(H,23,25)/t18-/m0/s1. The van der Waals surface area contributed by atoms with E-state index in [1.807, 2.05) is 26.8 Å². The summed E-state index contributed by atoms with van der Waals surface area (Å²) in [6.07, 6.45) is -0.707. The number of hydrogen-bond acceptors (Lipinski definition) is 5. The molecule has 1 atom stereocenters. The minimum absolute atomic E-state index is 0.192. The number of aryl methyl sites for hydroxylation is 2. The maximum atomic E-state index is 12.7. The molecule has 1 heterocycles. The summed E-state index contributed by atoms with van der Waals surface area (Å²) in [6, 6.07) is 10.1. The molecule has 0 unspecified atom stereocenters. The van der Waals surface area contributed by atoms with Crippen LogP contribution in [0.15, 0.2) is 41.3 Å². The summed E-state index contributed by atoms with van der Waals surface area (Å²) in [4.78, 5) is 12.7. The van der Waals surface area contributed by atoms with Gasteiger partial charge in [-0.25, -0.2) is 8.42 Å². The largest absolute Gasteiger partial charge is 0.481 e. The summed E-state index contributed by atoms with van der Waals surface area (Å²) < 4.78 is 37.9. The Bertz CT molecular complexity index is 1010. The number of anilines is 1. The van der Waals surface area contributed by atoms with E-state index in [4.69, 9.17) is 9.47 Å². The molecule has 3 rings (SSSR count). The van der Waals surface area contributed by atoms with Gasteiger partial charge in [0.25, 0.3) is 5.91 Å². The molecule has 30 heavy (non-hydrogen) atoms. The van der Waals surface area contributed by atoms with Gasteiger partial charge >= 0.3 is 0 Å². The van der Waals surface area contributed by atoms with Crippen LogP contribution in [0.3, 0.4) is 0 Å². The Kier molecular flexibility index (Phi) is 6.80. The molecule has 1 N–H and O–H groups in total.